The number of aromatic carboxylic acids is 1. The molecule has 0 aliphatic rings. The van der Waals surface area contributed by atoms with E-state index < -0.39 is 5.97 Å². The zero-order valence-electron chi connectivity index (χ0n) is 12.9. The molecule has 2 aromatic rings. The minimum atomic E-state index is -1.000. The van der Waals surface area contributed by atoms with Crippen molar-refractivity contribution in [3.63, 3.8) is 0 Å². The van der Waals surface area contributed by atoms with Gasteiger partial charge in [-0.15, -0.1) is 0 Å². The van der Waals surface area contributed by atoms with Crippen molar-refractivity contribution in [1.29, 1.82) is 5.26 Å². The first-order valence-corrected chi connectivity index (χ1v) is 6.94. The number of nitrogens with one attached hydrogen (secondary N) is 1. The van der Waals surface area contributed by atoms with Crippen LogP contribution in [0, 0.1) is 11.3 Å². The van der Waals surface area contributed by atoms with Crippen molar-refractivity contribution in [1.82, 2.24) is 0 Å². The van der Waals surface area contributed by atoms with Gasteiger partial charge in [-0.05, 0) is 42.0 Å². The van der Waals surface area contributed by atoms with Gasteiger partial charge in [-0.2, -0.15) is 10.4 Å². The number of methoxy groups -OCH3 is 1. The van der Waals surface area contributed by atoms with E-state index in [4.69, 9.17) is 19.8 Å². The second kappa shape index (κ2) is 8.19. The maximum Gasteiger partial charge on any atom is 0.335 e. The Morgan fingerprint density at radius 3 is 2.88 bits per heavy atom. The van der Waals surface area contributed by atoms with Crippen molar-refractivity contribution in [2.75, 3.05) is 19.1 Å². The smallest absolute Gasteiger partial charge is 0.335 e. The molecule has 2 N–H and O–H groups in total. The summed E-state index contributed by atoms with van der Waals surface area (Å²) in [5, 5.41) is 21.6. The van der Waals surface area contributed by atoms with Crippen molar-refractivity contribution >= 4 is 17.9 Å². The number of anilines is 1. The second-order valence-electron chi connectivity index (χ2n) is 4.61. The summed E-state index contributed by atoms with van der Waals surface area (Å²) in [6, 6.07) is 13.4. The zero-order valence-corrected chi connectivity index (χ0v) is 12.9. The highest BCUT2D eigenvalue weighted by molar-refractivity contribution is 5.89. The van der Waals surface area contributed by atoms with Crippen LogP contribution in [0.5, 0.6) is 11.5 Å². The fraction of sp³-hybridized carbons (Fsp3) is 0.118. The molecule has 0 fully saturated rings. The van der Waals surface area contributed by atoms with E-state index in [0.717, 1.165) is 5.56 Å². The van der Waals surface area contributed by atoms with E-state index in [9.17, 15) is 4.79 Å². The summed E-state index contributed by atoms with van der Waals surface area (Å²) in [6.45, 7) is -0.0642. The van der Waals surface area contributed by atoms with E-state index in [-0.39, 0.29) is 12.2 Å². The van der Waals surface area contributed by atoms with Gasteiger partial charge in [-0.25, -0.2) is 4.79 Å². The van der Waals surface area contributed by atoms with E-state index in [1.54, 1.807) is 36.5 Å². The third-order valence-electron chi connectivity index (χ3n) is 3.00. The minimum absolute atomic E-state index is 0.0642. The third kappa shape index (κ3) is 4.48. The van der Waals surface area contributed by atoms with Gasteiger partial charge in [0.25, 0.3) is 0 Å². The van der Waals surface area contributed by atoms with Crippen LogP contribution >= 0.6 is 0 Å². The molecule has 0 radical (unpaired) electrons. The van der Waals surface area contributed by atoms with Crippen LogP contribution in [0.3, 0.4) is 0 Å². The summed E-state index contributed by atoms with van der Waals surface area (Å²) in [7, 11) is 1.51. The number of carboxylic acids is 1. The van der Waals surface area contributed by atoms with Crippen molar-refractivity contribution in [3.8, 4) is 17.6 Å². The molecule has 0 heterocycles. The maximum absolute atomic E-state index is 10.9. The number of nitrogens with zero attached hydrogens (tertiary/aromatic N) is 2. The minimum Gasteiger partial charge on any atom is -0.493 e. The standard InChI is InChI=1S/C17H15N3O4/c1-23-16-9-12(5-6-15(16)24-8-7-18)11-19-20-14-4-2-3-13(10-14)17(21)22/h2-6,9-11,20H,8H2,1H3,(H,21,22)/b19-11-. The van der Waals surface area contributed by atoms with Crippen LogP contribution in [-0.2, 0) is 0 Å². The first-order chi connectivity index (χ1) is 11.6. The first-order valence-electron chi connectivity index (χ1n) is 6.94. The lowest BCUT2D eigenvalue weighted by Crippen LogP contribution is -1.99. The summed E-state index contributed by atoms with van der Waals surface area (Å²) >= 11 is 0. The number of hydrogen-bond donors (Lipinski definition) is 2. The Labute approximate surface area is 138 Å². The molecule has 0 unspecified atom stereocenters. The highest BCUT2D eigenvalue weighted by Crippen LogP contribution is 2.27. The summed E-state index contributed by atoms with van der Waals surface area (Å²) in [6.07, 6.45) is 1.56. The number of hydrogen-bond acceptors (Lipinski definition) is 6. The Kier molecular flexibility index (Phi) is 5.75. The van der Waals surface area contributed by atoms with Crippen LogP contribution in [0.4, 0.5) is 5.69 Å². The number of nitriles is 1. The molecule has 122 valence electrons. The Morgan fingerprint density at radius 2 is 2.17 bits per heavy atom. The molecule has 0 atom stereocenters. The van der Waals surface area contributed by atoms with E-state index in [0.29, 0.717) is 17.2 Å². The van der Waals surface area contributed by atoms with Gasteiger partial charge < -0.3 is 14.6 Å². The molecule has 0 aliphatic heterocycles. The van der Waals surface area contributed by atoms with Crippen LogP contribution in [0.25, 0.3) is 0 Å². The molecule has 0 aliphatic carbocycles. The number of carboxylic acid groups (broad SMARTS) is 1. The Balaban J connectivity index is 2.08. The fourth-order valence-electron chi connectivity index (χ4n) is 1.90. The van der Waals surface area contributed by atoms with Gasteiger partial charge >= 0.3 is 5.97 Å². The van der Waals surface area contributed by atoms with Gasteiger partial charge in [0.2, 0.25) is 0 Å². The third-order valence-corrected chi connectivity index (χ3v) is 3.00. The van der Waals surface area contributed by atoms with Crippen LogP contribution in [-0.4, -0.2) is 31.0 Å². The summed E-state index contributed by atoms with van der Waals surface area (Å²) in [5.41, 5.74) is 4.25. The molecule has 2 rings (SSSR count). The lowest BCUT2D eigenvalue weighted by Gasteiger charge is -2.08. The number of benzene rings is 2. The van der Waals surface area contributed by atoms with Gasteiger partial charge in [0, 0.05) is 0 Å². The molecule has 24 heavy (non-hydrogen) atoms. The quantitative estimate of drug-likeness (QED) is 0.599. The van der Waals surface area contributed by atoms with Gasteiger partial charge in [0.15, 0.2) is 18.1 Å². The molecule has 0 saturated carbocycles. The lowest BCUT2D eigenvalue weighted by molar-refractivity contribution is 0.0697. The van der Waals surface area contributed by atoms with Crippen molar-refractivity contribution in [2.45, 2.75) is 0 Å². The summed E-state index contributed by atoms with van der Waals surface area (Å²) in [5.74, 6) is -0.0410. The van der Waals surface area contributed by atoms with Gasteiger partial charge in [0.05, 0.1) is 24.6 Å². The van der Waals surface area contributed by atoms with Crippen LogP contribution in [0.2, 0.25) is 0 Å². The maximum atomic E-state index is 10.9. The van der Waals surface area contributed by atoms with Crippen molar-refractivity contribution in [2.24, 2.45) is 5.10 Å². The summed E-state index contributed by atoms with van der Waals surface area (Å²) < 4.78 is 10.4. The average molecular weight is 325 g/mol. The van der Waals surface area contributed by atoms with E-state index in [1.807, 2.05) is 6.07 Å². The lowest BCUT2D eigenvalue weighted by atomic mass is 10.2. The van der Waals surface area contributed by atoms with Crippen LogP contribution < -0.4 is 14.9 Å². The van der Waals surface area contributed by atoms with Gasteiger partial charge in [-0.3, -0.25) is 5.43 Å². The Hall–Kier alpha value is -3.53. The van der Waals surface area contributed by atoms with Crippen LogP contribution in [0.1, 0.15) is 15.9 Å². The summed E-state index contributed by atoms with van der Waals surface area (Å²) in [4.78, 5) is 10.9. The van der Waals surface area contributed by atoms with Crippen LogP contribution in [0.15, 0.2) is 47.6 Å². The monoisotopic (exact) mass is 325 g/mol. The molecule has 0 spiro atoms. The highest BCUT2D eigenvalue weighted by atomic mass is 16.5. The number of hydrazone groups is 1. The molecule has 0 saturated heterocycles. The first kappa shape index (κ1) is 16.8. The fourth-order valence-corrected chi connectivity index (χ4v) is 1.90. The molecule has 7 heteroatoms. The van der Waals surface area contributed by atoms with E-state index in [2.05, 4.69) is 10.5 Å². The zero-order chi connectivity index (χ0) is 17.4. The van der Waals surface area contributed by atoms with Crippen molar-refractivity contribution < 1.29 is 19.4 Å². The molecular weight excluding hydrogens is 310 g/mol. The molecule has 0 amide bonds. The van der Waals surface area contributed by atoms with E-state index >= 15 is 0 Å². The Bertz CT molecular complexity index is 797. The highest BCUT2D eigenvalue weighted by Gasteiger charge is 2.05. The molecular formula is C17H15N3O4. The molecule has 7 nitrogen and oxygen atoms in total. The number of ether oxygens (including phenoxy) is 2. The number of carbonyl (C=O) groups is 1. The Morgan fingerprint density at radius 1 is 1.33 bits per heavy atom. The van der Waals surface area contributed by atoms with E-state index in [1.165, 1.54) is 19.2 Å². The second-order valence-corrected chi connectivity index (χ2v) is 4.61. The predicted octanol–water partition coefficient (Wildman–Crippen LogP) is 2.74. The number of rotatable bonds is 7. The molecule has 2 aromatic carbocycles. The topological polar surface area (TPSA) is 104 Å². The average Bonchev–Trinajstić information content (AvgIpc) is 2.60. The van der Waals surface area contributed by atoms with Gasteiger partial charge in [0.1, 0.15) is 6.07 Å². The van der Waals surface area contributed by atoms with Crippen molar-refractivity contribution in [3.05, 3.63) is 53.6 Å². The molecule has 0 aromatic heterocycles. The van der Waals surface area contributed by atoms with Gasteiger partial charge in [-0.1, -0.05) is 6.07 Å². The SMILES string of the molecule is COc1cc(/C=N\Nc2cccc(C(=O)O)c2)ccc1OCC#N. The normalized spacial score (nSPS) is 10.2. The predicted molar refractivity (Wildman–Crippen MR) is 88.7 cm³/mol. The largest absolute Gasteiger partial charge is 0.493 e. The molecule has 0 bridgehead atoms.